The van der Waals surface area contributed by atoms with Gasteiger partial charge in [0.2, 0.25) is 10.0 Å². The monoisotopic (exact) mass is 374 g/mol. The second-order valence-corrected chi connectivity index (χ2v) is 8.80. The minimum Gasteiger partial charge on any atom is -0.491 e. The molecule has 0 aromatic heterocycles. The Bertz CT molecular complexity index is 822. The Morgan fingerprint density at radius 2 is 1.46 bits per heavy atom. The smallest absolute Gasteiger partial charge is 0.243 e. The van der Waals surface area contributed by atoms with Gasteiger partial charge in [0.25, 0.3) is 0 Å². The molecule has 0 bridgehead atoms. The molecule has 140 valence electrons. The molecule has 26 heavy (non-hydrogen) atoms. The van der Waals surface area contributed by atoms with Gasteiger partial charge in [-0.1, -0.05) is 17.7 Å². The van der Waals surface area contributed by atoms with Crippen LogP contribution in [0, 0.1) is 6.92 Å². The minimum atomic E-state index is -3.42. The zero-order valence-corrected chi connectivity index (χ0v) is 16.4. The maximum absolute atomic E-state index is 12.8. The highest BCUT2D eigenvalue weighted by atomic mass is 32.2. The molecule has 0 atom stereocenters. The predicted octanol–water partition coefficient (Wildman–Crippen LogP) is 3.29. The van der Waals surface area contributed by atoms with Crippen molar-refractivity contribution in [2.45, 2.75) is 31.8 Å². The van der Waals surface area contributed by atoms with E-state index in [0.29, 0.717) is 31.1 Å². The molecule has 5 nitrogen and oxygen atoms in total. The number of aryl methyl sites for hydroxylation is 1. The third kappa shape index (κ3) is 4.19. The van der Waals surface area contributed by atoms with Crippen LogP contribution in [0.25, 0.3) is 0 Å². The molecule has 6 heteroatoms. The van der Waals surface area contributed by atoms with Crippen molar-refractivity contribution in [2.75, 3.05) is 31.1 Å². The number of anilines is 1. The topological polar surface area (TPSA) is 49.9 Å². The van der Waals surface area contributed by atoms with Gasteiger partial charge < -0.3 is 9.64 Å². The van der Waals surface area contributed by atoms with Gasteiger partial charge >= 0.3 is 0 Å². The van der Waals surface area contributed by atoms with Crippen LogP contribution in [0.3, 0.4) is 0 Å². The van der Waals surface area contributed by atoms with Crippen molar-refractivity contribution < 1.29 is 13.2 Å². The van der Waals surface area contributed by atoms with E-state index in [4.69, 9.17) is 4.74 Å². The van der Waals surface area contributed by atoms with E-state index < -0.39 is 10.0 Å². The van der Waals surface area contributed by atoms with Crippen LogP contribution < -0.4 is 9.64 Å². The second-order valence-electron chi connectivity index (χ2n) is 6.86. The first kappa shape index (κ1) is 18.7. The summed E-state index contributed by atoms with van der Waals surface area (Å²) in [4.78, 5) is 2.58. The first-order valence-corrected chi connectivity index (χ1v) is 10.4. The lowest BCUT2D eigenvalue weighted by atomic mass is 10.2. The van der Waals surface area contributed by atoms with E-state index in [1.54, 1.807) is 16.4 Å². The van der Waals surface area contributed by atoms with E-state index in [9.17, 15) is 8.42 Å². The van der Waals surface area contributed by atoms with Gasteiger partial charge in [0, 0.05) is 31.9 Å². The van der Waals surface area contributed by atoms with Crippen LogP contribution in [0.15, 0.2) is 53.4 Å². The number of hydrogen-bond donors (Lipinski definition) is 0. The van der Waals surface area contributed by atoms with Gasteiger partial charge in [-0.15, -0.1) is 0 Å². The molecule has 2 aromatic carbocycles. The van der Waals surface area contributed by atoms with Crippen LogP contribution in [0.4, 0.5) is 5.69 Å². The fourth-order valence-electron chi connectivity index (χ4n) is 3.05. The van der Waals surface area contributed by atoms with Crippen molar-refractivity contribution in [1.82, 2.24) is 4.31 Å². The predicted molar refractivity (Wildman–Crippen MR) is 104 cm³/mol. The van der Waals surface area contributed by atoms with E-state index in [1.807, 2.05) is 57.2 Å². The number of ether oxygens (including phenoxy) is 1. The highest BCUT2D eigenvalue weighted by molar-refractivity contribution is 7.89. The van der Waals surface area contributed by atoms with Crippen LogP contribution in [0.2, 0.25) is 0 Å². The average Bonchev–Trinajstić information content (AvgIpc) is 2.62. The maximum atomic E-state index is 12.8. The molecule has 0 saturated carbocycles. The van der Waals surface area contributed by atoms with Crippen LogP contribution >= 0.6 is 0 Å². The van der Waals surface area contributed by atoms with Crippen LogP contribution in [-0.2, 0) is 10.0 Å². The summed E-state index contributed by atoms with van der Waals surface area (Å²) in [6.45, 7) is 8.28. The SMILES string of the molecule is Cc1ccc(S(=O)(=O)N2CCN(c3ccc(OC(C)C)cc3)CC2)cc1. The lowest BCUT2D eigenvalue weighted by Gasteiger charge is -2.35. The quantitative estimate of drug-likeness (QED) is 0.806. The van der Waals surface area contributed by atoms with E-state index >= 15 is 0 Å². The molecule has 2 aromatic rings. The Labute approximate surface area is 156 Å². The Kier molecular flexibility index (Phi) is 5.53. The molecule has 0 unspecified atom stereocenters. The zero-order chi connectivity index (χ0) is 18.7. The molecule has 1 heterocycles. The number of piperazine rings is 1. The van der Waals surface area contributed by atoms with Crippen molar-refractivity contribution >= 4 is 15.7 Å². The molecule has 1 aliphatic rings. The molecule has 0 aliphatic carbocycles. The molecular formula is C20H26N2O3S. The van der Waals surface area contributed by atoms with Crippen molar-refractivity contribution in [2.24, 2.45) is 0 Å². The number of hydrogen-bond acceptors (Lipinski definition) is 4. The highest BCUT2D eigenvalue weighted by Gasteiger charge is 2.28. The third-order valence-electron chi connectivity index (χ3n) is 4.47. The summed E-state index contributed by atoms with van der Waals surface area (Å²) in [7, 11) is -3.42. The van der Waals surface area contributed by atoms with Crippen molar-refractivity contribution in [3.63, 3.8) is 0 Å². The number of rotatable bonds is 5. The van der Waals surface area contributed by atoms with Gasteiger partial charge in [0.05, 0.1) is 11.0 Å². The second kappa shape index (κ2) is 7.68. The molecule has 1 aliphatic heterocycles. The van der Waals surface area contributed by atoms with E-state index in [2.05, 4.69) is 4.90 Å². The van der Waals surface area contributed by atoms with E-state index in [1.165, 1.54) is 0 Å². The maximum Gasteiger partial charge on any atom is 0.243 e. The Morgan fingerprint density at radius 3 is 2.00 bits per heavy atom. The van der Waals surface area contributed by atoms with Crippen LogP contribution in [0.5, 0.6) is 5.75 Å². The van der Waals surface area contributed by atoms with Crippen molar-refractivity contribution in [3.05, 3.63) is 54.1 Å². The fourth-order valence-corrected chi connectivity index (χ4v) is 4.48. The first-order valence-electron chi connectivity index (χ1n) is 8.95. The molecular weight excluding hydrogens is 348 g/mol. The molecule has 3 rings (SSSR count). The van der Waals surface area contributed by atoms with Crippen molar-refractivity contribution in [1.29, 1.82) is 0 Å². The van der Waals surface area contributed by atoms with E-state index in [0.717, 1.165) is 17.0 Å². The van der Waals surface area contributed by atoms with Gasteiger partial charge in [0.15, 0.2) is 0 Å². The van der Waals surface area contributed by atoms with E-state index in [-0.39, 0.29) is 6.10 Å². The number of sulfonamides is 1. The summed E-state index contributed by atoms with van der Waals surface area (Å²) in [6, 6.07) is 15.0. The summed E-state index contributed by atoms with van der Waals surface area (Å²) < 4.78 is 32.8. The van der Waals surface area contributed by atoms with Crippen molar-refractivity contribution in [3.8, 4) is 5.75 Å². The lowest BCUT2D eigenvalue weighted by molar-refractivity contribution is 0.242. The Morgan fingerprint density at radius 1 is 0.885 bits per heavy atom. The highest BCUT2D eigenvalue weighted by Crippen LogP contribution is 2.23. The van der Waals surface area contributed by atoms with Gasteiger partial charge in [-0.3, -0.25) is 0 Å². The fraction of sp³-hybridized carbons (Fsp3) is 0.400. The number of benzene rings is 2. The van der Waals surface area contributed by atoms with Crippen LogP contribution in [-0.4, -0.2) is 45.0 Å². The molecule has 1 saturated heterocycles. The normalized spacial score (nSPS) is 16.1. The first-order chi connectivity index (χ1) is 12.4. The Balaban J connectivity index is 1.64. The Hall–Kier alpha value is -2.05. The molecule has 0 radical (unpaired) electrons. The molecule has 0 amide bonds. The summed E-state index contributed by atoms with van der Waals surface area (Å²) >= 11 is 0. The van der Waals surface area contributed by atoms with Gasteiger partial charge in [-0.25, -0.2) is 8.42 Å². The standard InChI is InChI=1S/C20H26N2O3S/c1-16(2)25-19-8-6-18(7-9-19)21-12-14-22(15-13-21)26(23,24)20-10-4-17(3)5-11-20/h4-11,16H,12-15H2,1-3H3. The summed E-state index contributed by atoms with van der Waals surface area (Å²) in [5.74, 6) is 0.851. The summed E-state index contributed by atoms with van der Waals surface area (Å²) in [5.41, 5.74) is 2.15. The van der Waals surface area contributed by atoms with Gasteiger partial charge in [-0.2, -0.15) is 4.31 Å². The number of nitrogens with zero attached hydrogens (tertiary/aromatic N) is 2. The van der Waals surface area contributed by atoms with Crippen LogP contribution in [0.1, 0.15) is 19.4 Å². The third-order valence-corrected chi connectivity index (χ3v) is 6.38. The lowest BCUT2D eigenvalue weighted by Crippen LogP contribution is -2.48. The van der Waals surface area contributed by atoms with Gasteiger partial charge in [-0.05, 0) is 57.2 Å². The molecule has 0 N–H and O–H groups in total. The average molecular weight is 375 g/mol. The largest absolute Gasteiger partial charge is 0.491 e. The molecule has 1 fully saturated rings. The summed E-state index contributed by atoms with van der Waals surface area (Å²) in [5, 5.41) is 0. The zero-order valence-electron chi connectivity index (χ0n) is 15.6. The minimum absolute atomic E-state index is 0.149. The molecule has 0 spiro atoms. The van der Waals surface area contributed by atoms with Gasteiger partial charge in [0.1, 0.15) is 5.75 Å². The summed E-state index contributed by atoms with van der Waals surface area (Å²) in [6.07, 6.45) is 0.149.